The minimum Gasteiger partial charge on any atom is -0.326 e. The van der Waals surface area contributed by atoms with Crippen molar-refractivity contribution in [2.24, 2.45) is 11.5 Å². The Balaban J connectivity index is 4.23. The van der Waals surface area contributed by atoms with Gasteiger partial charge in [0, 0.05) is 11.6 Å². The van der Waals surface area contributed by atoms with Gasteiger partial charge in [-0.1, -0.05) is 12.2 Å². The van der Waals surface area contributed by atoms with E-state index in [2.05, 4.69) is 13.2 Å². The maximum Gasteiger partial charge on any atom is 0.0374 e. The second-order valence-electron chi connectivity index (χ2n) is 3.01. The minimum atomic E-state index is -0.358. The van der Waals surface area contributed by atoms with Gasteiger partial charge in [-0.2, -0.15) is 0 Å². The lowest BCUT2D eigenvalue weighted by Crippen LogP contribution is -2.53. The van der Waals surface area contributed by atoms with Crippen LogP contribution in [0.3, 0.4) is 0 Å². The molecule has 0 radical (unpaired) electrons. The van der Waals surface area contributed by atoms with Gasteiger partial charge in [-0.3, -0.25) is 0 Å². The zero-order valence-electron chi connectivity index (χ0n) is 7.22. The molecular weight excluding hydrogens is 136 g/mol. The van der Waals surface area contributed by atoms with Gasteiger partial charge in [-0.15, -0.1) is 13.2 Å². The normalized spacial score (nSPS) is 14.1. The van der Waals surface area contributed by atoms with E-state index in [1.807, 2.05) is 6.92 Å². The zero-order chi connectivity index (χ0) is 8.91. The second kappa shape index (κ2) is 4.31. The smallest absolute Gasteiger partial charge is 0.0374 e. The van der Waals surface area contributed by atoms with Gasteiger partial charge >= 0.3 is 0 Å². The fourth-order valence-corrected chi connectivity index (χ4v) is 0.993. The monoisotopic (exact) mass is 154 g/mol. The molecule has 0 aromatic rings. The van der Waals surface area contributed by atoms with Gasteiger partial charge in [0.05, 0.1) is 0 Å². The summed E-state index contributed by atoms with van der Waals surface area (Å²) >= 11 is 0. The molecule has 0 aliphatic heterocycles. The van der Waals surface area contributed by atoms with Crippen molar-refractivity contribution in [3.05, 3.63) is 25.3 Å². The summed E-state index contributed by atoms with van der Waals surface area (Å²) in [5.41, 5.74) is 11.4. The molecule has 2 nitrogen and oxygen atoms in total. The second-order valence-corrected chi connectivity index (χ2v) is 3.01. The maximum absolute atomic E-state index is 5.99. The molecule has 0 aliphatic rings. The molecular formula is C9H18N2. The highest BCUT2D eigenvalue weighted by Gasteiger charge is 2.25. The van der Waals surface area contributed by atoms with Crippen molar-refractivity contribution >= 4 is 0 Å². The highest BCUT2D eigenvalue weighted by atomic mass is 14.8. The summed E-state index contributed by atoms with van der Waals surface area (Å²) in [4.78, 5) is 0. The van der Waals surface area contributed by atoms with Crippen LogP contribution >= 0.6 is 0 Å². The molecule has 0 spiro atoms. The van der Waals surface area contributed by atoms with Crippen LogP contribution in [0.1, 0.15) is 19.8 Å². The van der Waals surface area contributed by atoms with E-state index in [0.717, 1.165) is 12.8 Å². The first-order valence-electron chi connectivity index (χ1n) is 3.83. The molecule has 0 amide bonds. The third-order valence-corrected chi connectivity index (χ3v) is 1.96. The van der Waals surface area contributed by atoms with Crippen LogP contribution in [0, 0.1) is 0 Å². The molecule has 0 bridgehead atoms. The third-order valence-electron chi connectivity index (χ3n) is 1.96. The van der Waals surface area contributed by atoms with Crippen molar-refractivity contribution in [2.45, 2.75) is 31.3 Å². The molecule has 0 aromatic carbocycles. The highest BCUT2D eigenvalue weighted by molar-refractivity contribution is 5.00. The van der Waals surface area contributed by atoms with E-state index in [-0.39, 0.29) is 11.6 Å². The van der Waals surface area contributed by atoms with Crippen LogP contribution in [-0.2, 0) is 0 Å². The molecule has 1 atom stereocenters. The van der Waals surface area contributed by atoms with Crippen molar-refractivity contribution in [3.8, 4) is 0 Å². The topological polar surface area (TPSA) is 52.0 Å². The van der Waals surface area contributed by atoms with Crippen molar-refractivity contribution < 1.29 is 0 Å². The van der Waals surface area contributed by atoms with Crippen LogP contribution in [0.5, 0.6) is 0 Å². The van der Waals surface area contributed by atoms with Gasteiger partial charge in [0.1, 0.15) is 0 Å². The van der Waals surface area contributed by atoms with Crippen LogP contribution < -0.4 is 11.5 Å². The quantitative estimate of drug-likeness (QED) is 0.584. The Morgan fingerprint density at radius 3 is 1.91 bits per heavy atom. The average molecular weight is 154 g/mol. The first-order valence-corrected chi connectivity index (χ1v) is 3.83. The Kier molecular flexibility index (Phi) is 4.08. The fraction of sp³-hybridized carbons (Fsp3) is 0.556. The predicted molar refractivity (Wildman–Crippen MR) is 50.2 cm³/mol. The van der Waals surface area contributed by atoms with Crippen molar-refractivity contribution in [3.63, 3.8) is 0 Å². The molecule has 11 heavy (non-hydrogen) atoms. The Hall–Kier alpha value is -0.600. The molecule has 2 heteroatoms. The number of nitrogens with two attached hydrogens (primary N) is 2. The van der Waals surface area contributed by atoms with Crippen LogP contribution in [0.15, 0.2) is 25.3 Å². The molecule has 0 aliphatic carbocycles. The van der Waals surface area contributed by atoms with Crippen LogP contribution in [-0.4, -0.2) is 11.6 Å². The minimum absolute atomic E-state index is 0.0292. The molecule has 64 valence electrons. The molecule has 1 unspecified atom stereocenters. The Morgan fingerprint density at radius 2 is 1.73 bits per heavy atom. The van der Waals surface area contributed by atoms with Gasteiger partial charge in [-0.25, -0.2) is 0 Å². The van der Waals surface area contributed by atoms with Gasteiger partial charge in [0.15, 0.2) is 0 Å². The summed E-state index contributed by atoms with van der Waals surface area (Å²) in [7, 11) is 0. The van der Waals surface area contributed by atoms with E-state index in [1.165, 1.54) is 0 Å². The maximum atomic E-state index is 5.99. The molecule has 0 saturated carbocycles. The van der Waals surface area contributed by atoms with Gasteiger partial charge in [0.25, 0.3) is 0 Å². The van der Waals surface area contributed by atoms with Crippen LogP contribution in [0.4, 0.5) is 0 Å². The molecule has 0 aromatic heterocycles. The Morgan fingerprint density at radius 1 is 1.36 bits per heavy atom. The summed E-state index contributed by atoms with van der Waals surface area (Å²) in [6.45, 7) is 9.19. The summed E-state index contributed by atoms with van der Waals surface area (Å²) in [5.74, 6) is 0. The molecule has 0 heterocycles. The van der Waals surface area contributed by atoms with E-state index in [4.69, 9.17) is 11.5 Å². The molecule has 0 rings (SSSR count). The zero-order valence-corrected chi connectivity index (χ0v) is 7.22. The predicted octanol–water partition coefficient (Wildman–Crippen LogP) is 1.18. The third kappa shape index (κ3) is 2.87. The summed E-state index contributed by atoms with van der Waals surface area (Å²) < 4.78 is 0. The van der Waals surface area contributed by atoms with Crippen molar-refractivity contribution in [2.75, 3.05) is 0 Å². The Bertz CT molecular complexity index is 128. The number of hydrogen-bond donors (Lipinski definition) is 2. The summed E-state index contributed by atoms with van der Waals surface area (Å²) in [5, 5.41) is 0. The standard InChI is InChI=1S/C9H18N2/c1-4-6-9(11,7-5-2)8(3)10/h4-5,8H,1-2,6-7,10-11H2,3H3. The van der Waals surface area contributed by atoms with E-state index in [9.17, 15) is 0 Å². The average Bonchev–Trinajstić information content (AvgIpc) is 1.88. The molecule has 0 saturated heterocycles. The lowest BCUT2D eigenvalue weighted by molar-refractivity contribution is 0.366. The van der Waals surface area contributed by atoms with Gasteiger partial charge < -0.3 is 11.5 Å². The van der Waals surface area contributed by atoms with Crippen LogP contribution in [0.2, 0.25) is 0 Å². The van der Waals surface area contributed by atoms with E-state index in [0.29, 0.717) is 0 Å². The molecule has 0 fully saturated rings. The first kappa shape index (κ1) is 10.4. The van der Waals surface area contributed by atoms with Gasteiger partial charge in [0.2, 0.25) is 0 Å². The van der Waals surface area contributed by atoms with E-state index < -0.39 is 0 Å². The largest absolute Gasteiger partial charge is 0.326 e. The van der Waals surface area contributed by atoms with Crippen molar-refractivity contribution in [1.29, 1.82) is 0 Å². The lowest BCUT2D eigenvalue weighted by Gasteiger charge is -2.31. The molecule has 4 N–H and O–H groups in total. The van der Waals surface area contributed by atoms with Crippen molar-refractivity contribution in [1.82, 2.24) is 0 Å². The van der Waals surface area contributed by atoms with E-state index in [1.54, 1.807) is 12.2 Å². The number of rotatable bonds is 5. The SMILES string of the molecule is C=CCC(N)(CC=C)C(C)N. The highest BCUT2D eigenvalue weighted by Crippen LogP contribution is 2.16. The van der Waals surface area contributed by atoms with Gasteiger partial charge in [-0.05, 0) is 19.8 Å². The fourth-order valence-electron chi connectivity index (χ4n) is 0.993. The first-order chi connectivity index (χ1) is 5.06. The summed E-state index contributed by atoms with van der Waals surface area (Å²) in [6, 6.07) is -0.0292. The summed E-state index contributed by atoms with van der Waals surface area (Å²) in [6.07, 6.45) is 5.06. The lowest BCUT2D eigenvalue weighted by atomic mass is 9.86. The number of hydrogen-bond acceptors (Lipinski definition) is 2. The Labute approximate surface area is 69.0 Å². The van der Waals surface area contributed by atoms with E-state index >= 15 is 0 Å². The van der Waals surface area contributed by atoms with Crippen LogP contribution in [0.25, 0.3) is 0 Å².